The highest BCUT2D eigenvalue weighted by molar-refractivity contribution is 5.80. The van der Waals surface area contributed by atoms with Gasteiger partial charge in [-0.25, -0.2) is 0 Å². The molecular weight excluding hydrogens is 198 g/mol. The third-order valence-electron chi connectivity index (χ3n) is 2.50. The largest absolute Gasteiger partial charge is 0.357 e. The van der Waals surface area contributed by atoms with Crippen molar-refractivity contribution in [1.29, 1.82) is 0 Å². The van der Waals surface area contributed by atoms with E-state index in [1.807, 2.05) is 0 Å². The van der Waals surface area contributed by atoms with Gasteiger partial charge in [-0.05, 0) is 33.6 Å². The first-order valence-corrected chi connectivity index (χ1v) is 6.49. The van der Waals surface area contributed by atoms with Gasteiger partial charge in [-0.15, -0.1) is 0 Å². The summed E-state index contributed by atoms with van der Waals surface area (Å²) in [7, 11) is 0. The Morgan fingerprint density at radius 1 is 1.12 bits per heavy atom. The van der Waals surface area contributed by atoms with Crippen molar-refractivity contribution in [2.45, 2.75) is 59.9 Å². The predicted octanol–water partition coefficient (Wildman–Crippen LogP) is 2.78. The maximum atomic E-state index is 4.64. The summed E-state index contributed by atoms with van der Waals surface area (Å²) in [4.78, 5) is 4.64. The van der Waals surface area contributed by atoms with Crippen LogP contribution in [0.2, 0.25) is 0 Å². The lowest BCUT2D eigenvalue weighted by molar-refractivity contribution is 0.485. The van der Waals surface area contributed by atoms with Gasteiger partial charge >= 0.3 is 0 Å². The highest BCUT2D eigenvalue weighted by Gasteiger charge is 2.12. The molecule has 0 aromatic rings. The molecule has 0 spiro atoms. The van der Waals surface area contributed by atoms with E-state index in [1.54, 1.807) is 0 Å². The molecule has 0 atom stereocenters. The molecular formula is C13H29N3. The van der Waals surface area contributed by atoms with Crippen LogP contribution in [0.5, 0.6) is 0 Å². The summed E-state index contributed by atoms with van der Waals surface area (Å²) in [5.41, 5.74) is 0.0644. The van der Waals surface area contributed by atoms with Gasteiger partial charge in [-0.3, -0.25) is 4.99 Å². The molecule has 0 aromatic heterocycles. The van der Waals surface area contributed by atoms with E-state index in [-0.39, 0.29) is 5.54 Å². The van der Waals surface area contributed by atoms with Gasteiger partial charge in [0.25, 0.3) is 0 Å². The van der Waals surface area contributed by atoms with Crippen molar-refractivity contribution >= 4 is 5.96 Å². The summed E-state index contributed by atoms with van der Waals surface area (Å²) < 4.78 is 0. The molecule has 0 rings (SSSR count). The van der Waals surface area contributed by atoms with Gasteiger partial charge < -0.3 is 10.6 Å². The lowest BCUT2D eigenvalue weighted by Gasteiger charge is -2.24. The van der Waals surface area contributed by atoms with Crippen molar-refractivity contribution in [2.75, 3.05) is 13.1 Å². The normalized spacial score (nSPS) is 13.1. The van der Waals surface area contributed by atoms with E-state index in [1.165, 1.54) is 12.8 Å². The number of aliphatic imine (C=N–C) groups is 1. The Morgan fingerprint density at radius 2 is 1.69 bits per heavy atom. The first-order chi connectivity index (χ1) is 7.42. The number of hydrogen-bond acceptors (Lipinski definition) is 1. The summed E-state index contributed by atoms with van der Waals surface area (Å²) in [5.74, 6) is 1.64. The molecule has 0 heterocycles. The lowest BCUT2D eigenvalue weighted by Crippen LogP contribution is -2.47. The van der Waals surface area contributed by atoms with E-state index >= 15 is 0 Å². The van der Waals surface area contributed by atoms with Crippen LogP contribution in [-0.4, -0.2) is 24.6 Å². The van der Waals surface area contributed by atoms with Crippen LogP contribution in [0.25, 0.3) is 0 Å². The molecule has 3 nitrogen and oxygen atoms in total. The number of rotatable bonds is 5. The molecule has 2 N–H and O–H groups in total. The summed E-state index contributed by atoms with van der Waals surface area (Å²) in [6.45, 7) is 14.8. The smallest absolute Gasteiger partial charge is 0.191 e. The van der Waals surface area contributed by atoms with Crippen LogP contribution >= 0.6 is 0 Å². The van der Waals surface area contributed by atoms with Gasteiger partial charge in [-0.1, -0.05) is 26.7 Å². The Morgan fingerprint density at radius 3 is 2.06 bits per heavy atom. The Kier molecular flexibility index (Phi) is 7.18. The number of guanidine groups is 1. The molecule has 0 amide bonds. The minimum absolute atomic E-state index is 0.0644. The molecule has 3 heteroatoms. The van der Waals surface area contributed by atoms with Crippen molar-refractivity contribution in [3.8, 4) is 0 Å². The van der Waals surface area contributed by atoms with Crippen LogP contribution in [0, 0.1) is 5.92 Å². The highest BCUT2D eigenvalue weighted by atomic mass is 15.2. The summed E-state index contributed by atoms with van der Waals surface area (Å²) >= 11 is 0. The minimum atomic E-state index is 0.0644. The van der Waals surface area contributed by atoms with E-state index in [4.69, 9.17) is 0 Å². The second kappa shape index (κ2) is 7.53. The second-order valence-corrected chi connectivity index (χ2v) is 5.28. The molecule has 0 aliphatic heterocycles. The van der Waals surface area contributed by atoms with Crippen LogP contribution in [0.4, 0.5) is 0 Å². The Hall–Kier alpha value is -0.730. The fraction of sp³-hybridized carbons (Fsp3) is 0.923. The molecule has 0 aromatic carbocycles. The lowest BCUT2D eigenvalue weighted by atomic mass is 10.0. The minimum Gasteiger partial charge on any atom is -0.357 e. The fourth-order valence-corrected chi connectivity index (χ4v) is 1.43. The Balaban J connectivity index is 4.34. The van der Waals surface area contributed by atoms with Crippen molar-refractivity contribution in [2.24, 2.45) is 10.9 Å². The highest BCUT2D eigenvalue weighted by Crippen LogP contribution is 2.07. The quantitative estimate of drug-likeness (QED) is 0.560. The topological polar surface area (TPSA) is 36.4 Å². The predicted molar refractivity (Wildman–Crippen MR) is 72.9 cm³/mol. The van der Waals surface area contributed by atoms with E-state index in [2.05, 4.69) is 57.2 Å². The maximum Gasteiger partial charge on any atom is 0.191 e. The fourth-order valence-electron chi connectivity index (χ4n) is 1.43. The molecule has 0 aliphatic rings. The average Bonchev–Trinajstić information content (AvgIpc) is 2.17. The SMILES string of the molecule is CCNC(=NCC(CC)CC)NC(C)(C)C. The van der Waals surface area contributed by atoms with Crippen LogP contribution < -0.4 is 10.6 Å². The van der Waals surface area contributed by atoms with Crippen molar-refractivity contribution in [3.05, 3.63) is 0 Å². The van der Waals surface area contributed by atoms with E-state index in [0.717, 1.165) is 19.0 Å². The average molecular weight is 227 g/mol. The van der Waals surface area contributed by atoms with Crippen molar-refractivity contribution in [3.63, 3.8) is 0 Å². The first-order valence-electron chi connectivity index (χ1n) is 6.49. The number of nitrogens with one attached hydrogen (secondary N) is 2. The molecule has 0 saturated carbocycles. The van der Waals surface area contributed by atoms with Gasteiger partial charge in [0.2, 0.25) is 0 Å². The van der Waals surface area contributed by atoms with E-state index in [0.29, 0.717) is 5.92 Å². The number of hydrogen-bond donors (Lipinski definition) is 2. The number of nitrogens with zero attached hydrogens (tertiary/aromatic N) is 1. The molecule has 0 unspecified atom stereocenters. The standard InChI is InChI=1S/C13H29N3/c1-7-11(8-2)10-15-12(14-9-3)16-13(4,5)6/h11H,7-10H2,1-6H3,(H2,14,15,16). The third-order valence-corrected chi connectivity index (χ3v) is 2.50. The van der Waals surface area contributed by atoms with Gasteiger partial charge in [0, 0.05) is 18.6 Å². The summed E-state index contributed by atoms with van der Waals surface area (Å²) in [6, 6.07) is 0. The Labute approximate surface area is 101 Å². The zero-order chi connectivity index (χ0) is 12.6. The van der Waals surface area contributed by atoms with Crippen molar-refractivity contribution < 1.29 is 0 Å². The summed E-state index contributed by atoms with van der Waals surface area (Å²) in [6.07, 6.45) is 2.41. The second-order valence-electron chi connectivity index (χ2n) is 5.28. The van der Waals surface area contributed by atoms with Gasteiger partial charge in [0.05, 0.1) is 0 Å². The third kappa shape index (κ3) is 7.55. The molecule has 96 valence electrons. The van der Waals surface area contributed by atoms with Crippen LogP contribution in [0.3, 0.4) is 0 Å². The van der Waals surface area contributed by atoms with Crippen LogP contribution in [-0.2, 0) is 0 Å². The van der Waals surface area contributed by atoms with Crippen molar-refractivity contribution in [1.82, 2.24) is 10.6 Å². The zero-order valence-electron chi connectivity index (χ0n) is 11.9. The van der Waals surface area contributed by atoms with Gasteiger partial charge in [0.15, 0.2) is 5.96 Å². The molecule has 16 heavy (non-hydrogen) atoms. The van der Waals surface area contributed by atoms with E-state index in [9.17, 15) is 0 Å². The van der Waals surface area contributed by atoms with E-state index < -0.39 is 0 Å². The molecule has 0 aliphatic carbocycles. The Bertz CT molecular complexity index is 200. The summed E-state index contributed by atoms with van der Waals surface area (Å²) in [5, 5.41) is 6.68. The maximum absolute atomic E-state index is 4.64. The van der Waals surface area contributed by atoms with Crippen LogP contribution in [0.15, 0.2) is 4.99 Å². The molecule has 0 radical (unpaired) electrons. The first kappa shape index (κ1) is 15.3. The monoisotopic (exact) mass is 227 g/mol. The molecule has 0 fully saturated rings. The van der Waals surface area contributed by atoms with Crippen LogP contribution in [0.1, 0.15) is 54.4 Å². The molecule has 0 saturated heterocycles. The zero-order valence-corrected chi connectivity index (χ0v) is 11.9. The molecule has 0 bridgehead atoms. The van der Waals surface area contributed by atoms with Gasteiger partial charge in [-0.2, -0.15) is 0 Å². The van der Waals surface area contributed by atoms with Gasteiger partial charge in [0.1, 0.15) is 0 Å².